The van der Waals surface area contributed by atoms with Crippen LogP contribution in [0, 0.1) is 0 Å². The molecule has 0 bridgehead atoms. The van der Waals surface area contributed by atoms with Crippen LogP contribution in [0.4, 0.5) is 5.69 Å². The molecule has 2 aliphatic heterocycles. The van der Waals surface area contributed by atoms with E-state index in [1.54, 1.807) is 25.4 Å². The van der Waals surface area contributed by atoms with Gasteiger partial charge in [0.1, 0.15) is 18.7 Å². The second-order valence-electron chi connectivity index (χ2n) is 8.57. The minimum atomic E-state index is -0.0442. The number of benzene rings is 1. The summed E-state index contributed by atoms with van der Waals surface area (Å²) in [6, 6.07) is 11.9. The minimum Gasteiger partial charge on any atom is -0.486 e. The third kappa shape index (κ3) is 5.21. The first kappa shape index (κ1) is 22.4. The second-order valence-corrected chi connectivity index (χ2v) is 8.57. The van der Waals surface area contributed by atoms with Gasteiger partial charge < -0.3 is 30.2 Å². The van der Waals surface area contributed by atoms with Gasteiger partial charge in [0.15, 0.2) is 11.5 Å². The van der Waals surface area contributed by atoms with Gasteiger partial charge in [-0.2, -0.15) is 0 Å². The Morgan fingerprint density at radius 1 is 1.15 bits per heavy atom. The molecule has 1 fully saturated rings. The Balaban J connectivity index is 1.10. The standard InChI is InChI=1S/C25H29N5O4/c1-32-24-7-5-19-25(30-24)20(8-9-26-19)29-23(31)13-17-3-4-18(15-28-17)27-14-16-2-6-21-22(12-16)34-11-10-33-21/h2,5-9,12,17-18,27-28H,3-4,10-11,13-15H2,1H3,(H,26,29,31)/t17-,18-/m0/s1. The van der Waals surface area contributed by atoms with Gasteiger partial charge in [-0.3, -0.25) is 9.78 Å². The monoisotopic (exact) mass is 463 g/mol. The third-order valence-electron chi connectivity index (χ3n) is 6.19. The number of carbonyl (C=O) groups excluding carboxylic acids is 1. The van der Waals surface area contributed by atoms with Crippen molar-refractivity contribution in [3.8, 4) is 17.4 Å². The molecule has 3 N–H and O–H groups in total. The quantitative estimate of drug-likeness (QED) is 0.491. The number of rotatable bonds is 7. The van der Waals surface area contributed by atoms with Crippen LogP contribution in [-0.2, 0) is 11.3 Å². The SMILES string of the molecule is COc1ccc2nccc(NC(=O)C[C@@H]3CC[C@H](NCc4ccc5c(c4)OCCO5)CN3)c2n1. The number of hydrogen-bond donors (Lipinski definition) is 3. The number of methoxy groups -OCH3 is 1. The molecule has 1 saturated heterocycles. The van der Waals surface area contributed by atoms with Crippen molar-refractivity contribution in [2.24, 2.45) is 0 Å². The van der Waals surface area contributed by atoms with Crippen LogP contribution in [0.2, 0.25) is 0 Å². The lowest BCUT2D eigenvalue weighted by Crippen LogP contribution is -2.48. The lowest BCUT2D eigenvalue weighted by molar-refractivity contribution is -0.116. The lowest BCUT2D eigenvalue weighted by Gasteiger charge is -2.30. The van der Waals surface area contributed by atoms with Crippen molar-refractivity contribution in [2.75, 3.05) is 32.2 Å². The number of piperidine rings is 1. The molecule has 0 spiro atoms. The molecule has 1 aromatic carbocycles. The van der Waals surface area contributed by atoms with Crippen LogP contribution in [0.3, 0.4) is 0 Å². The molecule has 178 valence electrons. The van der Waals surface area contributed by atoms with E-state index in [4.69, 9.17) is 14.2 Å². The molecule has 1 amide bonds. The fourth-order valence-electron chi connectivity index (χ4n) is 4.37. The van der Waals surface area contributed by atoms with Gasteiger partial charge in [-0.15, -0.1) is 0 Å². The zero-order valence-corrected chi connectivity index (χ0v) is 19.2. The second kappa shape index (κ2) is 10.2. The summed E-state index contributed by atoms with van der Waals surface area (Å²) in [6.45, 7) is 2.77. The van der Waals surface area contributed by atoms with E-state index < -0.39 is 0 Å². The molecule has 34 heavy (non-hydrogen) atoms. The zero-order valence-electron chi connectivity index (χ0n) is 19.2. The smallest absolute Gasteiger partial charge is 0.225 e. The van der Waals surface area contributed by atoms with Crippen LogP contribution >= 0.6 is 0 Å². The number of fused-ring (bicyclic) bond motifs is 2. The Labute approximate surface area is 198 Å². The van der Waals surface area contributed by atoms with Crippen LogP contribution in [0.1, 0.15) is 24.8 Å². The number of nitrogens with zero attached hydrogens (tertiary/aromatic N) is 2. The Bertz CT molecular complexity index is 1160. The van der Waals surface area contributed by atoms with Crippen LogP contribution in [0.15, 0.2) is 42.6 Å². The molecule has 0 unspecified atom stereocenters. The van der Waals surface area contributed by atoms with Gasteiger partial charge in [-0.25, -0.2) is 4.98 Å². The van der Waals surface area contributed by atoms with Crippen molar-refractivity contribution < 1.29 is 19.0 Å². The Hall–Kier alpha value is -3.43. The molecule has 2 aliphatic rings. The molecule has 9 nitrogen and oxygen atoms in total. The molecular weight excluding hydrogens is 434 g/mol. The zero-order chi connectivity index (χ0) is 23.3. The summed E-state index contributed by atoms with van der Waals surface area (Å²) in [4.78, 5) is 21.5. The highest BCUT2D eigenvalue weighted by molar-refractivity contribution is 5.99. The Kier molecular flexibility index (Phi) is 6.73. The Morgan fingerprint density at radius 2 is 2.03 bits per heavy atom. The average molecular weight is 464 g/mol. The first-order valence-electron chi connectivity index (χ1n) is 11.6. The highest BCUT2D eigenvalue weighted by Crippen LogP contribution is 2.30. The predicted octanol–water partition coefficient (Wildman–Crippen LogP) is 2.65. The van der Waals surface area contributed by atoms with Crippen molar-refractivity contribution in [1.29, 1.82) is 0 Å². The molecule has 2 aromatic heterocycles. The van der Waals surface area contributed by atoms with E-state index in [2.05, 4.69) is 32.0 Å². The minimum absolute atomic E-state index is 0.0442. The third-order valence-corrected chi connectivity index (χ3v) is 6.19. The summed E-state index contributed by atoms with van der Waals surface area (Å²) in [5.74, 6) is 2.07. The maximum atomic E-state index is 12.7. The largest absolute Gasteiger partial charge is 0.486 e. The first-order valence-corrected chi connectivity index (χ1v) is 11.6. The van der Waals surface area contributed by atoms with E-state index in [9.17, 15) is 4.79 Å². The van der Waals surface area contributed by atoms with Crippen molar-refractivity contribution in [3.05, 3.63) is 48.2 Å². The fraction of sp³-hybridized carbons (Fsp3) is 0.400. The van der Waals surface area contributed by atoms with E-state index in [0.29, 0.717) is 48.3 Å². The van der Waals surface area contributed by atoms with E-state index >= 15 is 0 Å². The van der Waals surface area contributed by atoms with E-state index in [1.165, 1.54) is 5.56 Å². The summed E-state index contributed by atoms with van der Waals surface area (Å²) < 4.78 is 16.5. The van der Waals surface area contributed by atoms with E-state index in [-0.39, 0.29) is 11.9 Å². The number of hydrogen-bond acceptors (Lipinski definition) is 8. The summed E-state index contributed by atoms with van der Waals surface area (Å²) >= 11 is 0. The summed E-state index contributed by atoms with van der Waals surface area (Å²) in [7, 11) is 1.57. The molecule has 5 rings (SSSR count). The number of ether oxygens (including phenoxy) is 3. The number of anilines is 1. The molecule has 9 heteroatoms. The highest BCUT2D eigenvalue weighted by Gasteiger charge is 2.23. The van der Waals surface area contributed by atoms with Crippen molar-refractivity contribution >= 4 is 22.6 Å². The van der Waals surface area contributed by atoms with Crippen molar-refractivity contribution in [3.63, 3.8) is 0 Å². The summed E-state index contributed by atoms with van der Waals surface area (Å²) in [5.41, 5.74) is 3.14. The lowest BCUT2D eigenvalue weighted by atomic mass is 9.98. The fourth-order valence-corrected chi connectivity index (χ4v) is 4.37. The van der Waals surface area contributed by atoms with Crippen molar-refractivity contribution in [2.45, 2.75) is 37.9 Å². The van der Waals surface area contributed by atoms with Gasteiger partial charge in [0.2, 0.25) is 11.8 Å². The molecule has 0 aliphatic carbocycles. The number of nitrogens with one attached hydrogen (secondary N) is 3. The normalized spacial score (nSPS) is 19.6. The average Bonchev–Trinajstić information content (AvgIpc) is 2.88. The van der Waals surface area contributed by atoms with Gasteiger partial charge in [0.05, 0.1) is 18.3 Å². The van der Waals surface area contributed by atoms with Crippen LogP contribution < -0.4 is 30.2 Å². The van der Waals surface area contributed by atoms with Crippen molar-refractivity contribution in [1.82, 2.24) is 20.6 Å². The van der Waals surface area contributed by atoms with Gasteiger partial charge in [-0.05, 0) is 42.7 Å². The van der Waals surface area contributed by atoms with E-state index in [0.717, 1.165) is 37.4 Å². The molecule has 3 aromatic rings. The highest BCUT2D eigenvalue weighted by atomic mass is 16.6. The van der Waals surface area contributed by atoms with E-state index in [1.807, 2.05) is 18.2 Å². The van der Waals surface area contributed by atoms with Gasteiger partial charge in [0.25, 0.3) is 0 Å². The topological polar surface area (TPSA) is 107 Å². The predicted molar refractivity (Wildman–Crippen MR) is 128 cm³/mol. The van der Waals surface area contributed by atoms with Crippen LogP contribution in [0.25, 0.3) is 11.0 Å². The van der Waals surface area contributed by atoms with Crippen LogP contribution in [-0.4, -0.2) is 54.8 Å². The maximum Gasteiger partial charge on any atom is 0.225 e. The van der Waals surface area contributed by atoms with Crippen LogP contribution in [0.5, 0.6) is 17.4 Å². The number of amides is 1. The molecule has 0 saturated carbocycles. The summed E-state index contributed by atoms with van der Waals surface area (Å²) in [6.07, 6.45) is 4.01. The summed E-state index contributed by atoms with van der Waals surface area (Å²) in [5, 5.41) is 10.1. The molecular formula is C25H29N5O4. The van der Waals surface area contributed by atoms with Gasteiger partial charge in [0, 0.05) is 43.9 Å². The van der Waals surface area contributed by atoms with Gasteiger partial charge >= 0.3 is 0 Å². The Morgan fingerprint density at radius 3 is 2.85 bits per heavy atom. The first-order chi connectivity index (χ1) is 16.7. The number of aromatic nitrogens is 2. The maximum absolute atomic E-state index is 12.7. The number of pyridine rings is 2. The number of carbonyl (C=O) groups is 1. The van der Waals surface area contributed by atoms with Gasteiger partial charge in [-0.1, -0.05) is 6.07 Å². The molecule has 2 atom stereocenters. The molecule has 4 heterocycles. The molecule has 0 radical (unpaired) electrons.